The Labute approximate surface area is 138 Å². The minimum atomic E-state index is -0.393. The topological polar surface area (TPSA) is 96.7 Å². The Morgan fingerprint density at radius 2 is 1.83 bits per heavy atom. The molecule has 0 saturated heterocycles. The molecule has 126 valence electrons. The average molecular weight is 328 g/mol. The molecule has 0 fully saturated rings. The van der Waals surface area contributed by atoms with Gasteiger partial charge in [0.1, 0.15) is 0 Å². The Bertz CT molecular complexity index is 954. The van der Waals surface area contributed by atoms with Crippen molar-refractivity contribution in [2.24, 2.45) is 14.1 Å². The van der Waals surface area contributed by atoms with E-state index in [0.717, 1.165) is 17.7 Å². The predicted molar refractivity (Wildman–Crippen MR) is 93.2 cm³/mol. The third-order valence-electron chi connectivity index (χ3n) is 3.86. The Morgan fingerprint density at radius 1 is 1.08 bits per heavy atom. The van der Waals surface area contributed by atoms with Gasteiger partial charge in [0.25, 0.3) is 5.56 Å². The summed E-state index contributed by atoms with van der Waals surface area (Å²) in [4.78, 5) is 31.2. The molecule has 0 unspecified atom stereocenters. The molecule has 2 aromatic heterocycles. The van der Waals surface area contributed by atoms with Crippen molar-refractivity contribution in [3.63, 3.8) is 0 Å². The molecule has 0 spiro atoms. The number of rotatable bonds is 6. The molecule has 0 atom stereocenters. The number of benzene rings is 1. The van der Waals surface area contributed by atoms with E-state index in [0.29, 0.717) is 23.7 Å². The fraction of sp³-hybridized carbons (Fsp3) is 0.312. The van der Waals surface area contributed by atoms with Gasteiger partial charge < -0.3 is 15.6 Å². The molecule has 1 aromatic carbocycles. The van der Waals surface area contributed by atoms with E-state index in [1.807, 2.05) is 18.2 Å². The number of H-pyrrole nitrogens is 1. The van der Waals surface area contributed by atoms with Gasteiger partial charge in [0, 0.05) is 33.7 Å². The van der Waals surface area contributed by atoms with Crippen LogP contribution in [0.25, 0.3) is 11.2 Å². The van der Waals surface area contributed by atoms with E-state index in [1.165, 1.54) is 17.2 Å². The van der Waals surface area contributed by atoms with Crippen LogP contribution in [-0.2, 0) is 20.6 Å². The predicted octanol–water partition coefficient (Wildman–Crippen LogP) is 0.162. The third kappa shape index (κ3) is 3.09. The van der Waals surface area contributed by atoms with Gasteiger partial charge in [-0.25, -0.2) is 4.79 Å². The van der Waals surface area contributed by atoms with E-state index < -0.39 is 5.69 Å². The molecule has 3 rings (SSSR count). The molecule has 0 aliphatic heterocycles. The fourth-order valence-electron chi connectivity index (χ4n) is 2.51. The van der Waals surface area contributed by atoms with Gasteiger partial charge in [-0.1, -0.05) is 30.3 Å². The SMILES string of the molecule is Cn1c(=O)c2[nH]c(NCCNCc3ccccc3)nc2n(C)c1=O. The molecule has 3 N–H and O–H groups in total. The highest BCUT2D eigenvalue weighted by Gasteiger charge is 2.12. The minimum absolute atomic E-state index is 0.319. The van der Waals surface area contributed by atoms with Gasteiger partial charge in [0.15, 0.2) is 11.2 Å². The van der Waals surface area contributed by atoms with E-state index in [9.17, 15) is 9.59 Å². The van der Waals surface area contributed by atoms with Crippen molar-refractivity contribution in [1.82, 2.24) is 24.4 Å². The zero-order chi connectivity index (χ0) is 17.1. The zero-order valence-electron chi connectivity index (χ0n) is 13.7. The van der Waals surface area contributed by atoms with Crippen LogP contribution < -0.4 is 21.9 Å². The van der Waals surface area contributed by atoms with Crippen LogP contribution in [0.15, 0.2) is 39.9 Å². The highest BCUT2D eigenvalue weighted by atomic mass is 16.2. The second-order valence-electron chi connectivity index (χ2n) is 5.58. The maximum atomic E-state index is 12.1. The number of aromatic amines is 1. The van der Waals surface area contributed by atoms with Gasteiger partial charge in [-0.05, 0) is 5.56 Å². The van der Waals surface area contributed by atoms with Gasteiger partial charge >= 0.3 is 5.69 Å². The molecular weight excluding hydrogens is 308 g/mol. The van der Waals surface area contributed by atoms with Crippen molar-refractivity contribution in [2.75, 3.05) is 18.4 Å². The first kappa shape index (κ1) is 16.0. The van der Waals surface area contributed by atoms with Crippen LogP contribution in [0.1, 0.15) is 5.56 Å². The molecule has 0 radical (unpaired) electrons. The minimum Gasteiger partial charge on any atom is -0.354 e. The van der Waals surface area contributed by atoms with Crippen LogP contribution in [0, 0.1) is 0 Å². The molecule has 3 aromatic rings. The average Bonchev–Trinajstić information content (AvgIpc) is 3.03. The lowest BCUT2D eigenvalue weighted by molar-refractivity contribution is 0.705. The van der Waals surface area contributed by atoms with Crippen molar-refractivity contribution >= 4 is 17.1 Å². The van der Waals surface area contributed by atoms with Crippen LogP contribution in [-0.4, -0.2) is 32.2 Å². The van der Waals surface area contributed by atoms with Crippen molar-refractivity contribution in [3.05, 3.63) is 56.7 Å². The van der Waals surface area contributed by atoms with Crippen LogP contribution >= 0.6 is 0 Å². The number of fused-ring (bicyclic) bond motifs is 1. The Kier molecular flexibility index (Phi) is 4.48. The Balaban J connectivity index is 1.62. The standard InChI is InChI=1S/C16H20N6O2/c1-21-13-12(14(23)22(2)16(21)24)19-15(20-13)18-9-8-17-10-11-6-4-3-5-7-11/h3-7,17H,8-10H2,1-2H3,(H2,18,19,20). The van der Waals surface area contributed by atoms with Crippen molar-refractivity contribution < 1.29 is 0 Å². The van der Waals surface area contributed by atoms with Gasteiger partial charge in [-0.3, -0.25) is 13.9 Å². The lowest BCUT2D eigenvalue weighted by Crippen LogP contribution is -2.36. The lowest BCUT2D eigenvalue weighted by Gasteiger charge is -2.05. The fourth-order valence-corrected chi connectivity index (χ4v) is 2.51. The second kappa shape index (κ2) is 6.71. The molecule has 8 nitrogen and oxygen atoms in total. The van der Waals surface area contributed by atoms with E-state index in [2.05, 4.69) is 32.7 Å². The van der Waals surface area contributed by atoms with E-state index >= 15 is 0 Å². The number of hydrogen-bond donors (Lipinski definition) is 3. The highest BCUT2D eigenvalue weighted by Crippen LogP contribution is 2.07. The molecule has 0 saturated carbocycles. The van der Waals surface area contributed by atoms with Gasteiger partial charge in [0.05, 0.1) is 0 Å². The zero-order valence-corrected chi connectivity index (χ0v) is 13.7. The summed E-state index contributed by atoms with van der Waals surface area (Å²) in [6.07, 6.45) is 0. The quantitative estimate of drug-likeness (QED) is 0.560. The summed E-state index contributed by atoms with van der Waals surface area (Å²) >= 11 is 0. The second-order valence-corrected chi connectivity index (χ2v) is 5.58. The number of aryl methyl sites for hydroxylation is 1. The number of imidazole rings is 1. The summed E-state index contributed by atoms with van der Waals surface area (Å²) in [5, 5.41) is 6.44. The van der Waals surface area contributed by atoms with Crippen molar-refractivity contribution in [2.45, 2.75) is 6.54 Å². The molecule has 0 aliphatic rings. The Morgan fingerprint density at radius 3 is 2.58 bits per heavy atom. The molecule has 0 bridgehead atoms. The third-order valence-corrected chi connectivity index (χ3v) is 3.86. The summed E-state index contributed by atoms with van der Waals surface area (Å²) in [5.74, 6) is 0.477. The molecule has 2 heterocycles. The number of nitrogens with one attached hydrogen (secondary N) is 3. The van der Waals surface area contributed by atoms with Crippen LogP contribution in [0.5, 0.6) is 0 Å². The summed E-state index contributed by atoms with van der Waals surface area (Å²) < 4.78 is 2.41. The van der Waals surface area contributed by atoms with E-state index in [-0.39, 0.29) is 5.56 Å². The van der Waals surface area contributed by atoms with Crippen LogP contribution in [0.3, 0.4) is 0 Å². The normalized spacial score (nSPS) is 11.1. The highest BCUT2D eigenvalue weighted by molar-refractivity contribution is 5.72. The molecule has 8 heteroatoms. The first-order valence-electron chi connectivity index (χ1n) is 7.72. The molecule has 0 aliphatic carbocycles. The number of aromatic nitrogens is 4. The van der Waals surface area contributed by atoms with E-state index in [1.54, 1.807) is 7.05 Å². The molecule has 0 amide bonds. The smallest absolute Gasteiger partial charge is 0.332 e. The maximum absolute atomic E-state index is 12.1. The lowest BCUT2D eigenvalue weighted by atomic mass is 10.2. The summed E-state index contributed by atoms with van der Waals surface area (Å²) in [7, 11) is 3.04. The van der Waals surface area contributed by atoms with Gasteiger partial charge in [-0.2, -0.15) is 4.98 Å². The molecule has 24 heavy (non-hydrogen) atoms. The number of nitrogens with zero attached hydrogens (tertiary/aromatic N) is 3. The summed E-state index contributed by atoms with van der Waals surface area (Å²) in [6.45, 7) is 2.17. The Hall–Kier alpha value is -2.87. The van der Waals surface area contributed by atoms with Crippen LogP contribution in [0.4, 0.5) is 5.95 Å². The molecular formula is C16H20N6O2. The number of anilines is 1. The van der Waals surface area contributed by atoms with Gasteiger partial charge in [-0.15, -0.1) is 0 Å². The first-order chi connectivity index (χ1) is 11.6. The summed E-state index contributed by atoms with van der Waals surface area (Å²) in [5.41, 5.74) is 1.12. The summed E-state index contributed by atoms with van der Waals surface area (Å²) in [6, 6.07) is 10.1. The van der Waals surface area contributed by atoms with Crippen molar-refractivity contribution in [3.8, 4) is 0 Å². The largest absolute Gasteiger partial charge is 0.354 e. The van der Waals surface area contributed by atoms with E-state index in [4.69, 9.17) is 0 Å². The first-order valence-corrected chi connectivity index (χ1v) is 7.72. The van der Waals surface area contributed by atoms with Gasteiger partial charge in [0.2, 0.25) is 5.95 Å². The van der Waals surface area contributed by atoms with Crippen molar-refractivity contribution in [1.29, 1.82) is 0 Å². The maximum Gasteiger partial charge on any atom is 0.332 e. The number of hydrogen-bond acceptors (Lipinski definition) is 5. The monoisotopic (exact) mass is 328 g/mol. The van der Waals surface area contributed by atoms with Crippen LogP contribution in [0.2, 0.25) is 0 Å².